The zero-order valence-corrected chi connectivity index (χ0v) is 46.0. The summed E-state index contributed by atoms with van der Waals surface area (Å²) >= 11 is 0. The quantitative estimate of drug-likeness (QED) is 0.0215. The first-order chi connectivity index (χ1) is 34.7. The number of carbonyl (C=O) groups is 1. The maximum absolute atomic E-state index is 13.2. The summed E-state index contributed by atoms with van der Waals surface area (Å²) in [5, 5.41) is 76.2. The smallest absolute Gasteiger partial charge is 0.249 e. The summed E-state index contributed by atoms with van der Waals surface area (Å²) in [5.74, 6) is -0.707. The van der Waals surface area contributed by atoms with Crippen molar-refractivity contribution in [3.8, 4) is 0 Å². The molecule has 71 heavy (non-hydrogen) atoms. The van der Waals surface area contributed by atoms with Gasteiger partial charge in [-0.25, -0.2) is 0 Å². The van der Waals surface area contributed by atoms with E-state index in [2.05, 4.69) is 43.5 Å². The first-order valence-electron chi connectivity index (χ1n) is 30.2. The van der Waals surface area contributed by atoms with Gasteiger partial charge in [0.25, 0.3) is 0 Å². The summed E-state index contributed by atoms with van der Waals surface area (Å²) in [6.07, 6.45) is 48.1. The Morgan fingerprint density at radius 3 is 1.21 bits per heavy atom. The second-order valence-corrected chi connectivity index (χ2v) is 21.4. The lowest BCUT2D eigenvalue weighted by Crippen LogP contribution is -2.60. The van der Waals surface area contributed by atoms with Crippen LogP contribution < -0.4 is 5.32 Å². The molecule has 0 aromatic carbocycles. The second-order valence-electron chi connectivity index (χ2n) is 21.4. The third kappa shape index (κ3) is 37.9. The highest BCUT2D eigenvalue weighted by Gasteiger charge is 2.44. The van der Waals surface area contributed by atoms with E-state index in [-0.39, 0.29) is 12.8 Å². The molecule has 0 spiro atoms. The van der Waals surface area contributed by atoms with Crippen molar-refractivity contribution < 1.29 is 50.0 Å². The second kappa shape index (κ2) is 49.5. The fourth-order valence-corrected chi connectivity index (χ4v) is 9.79. The molecule has 1 aliphatic heterocycles. The van der Waals surface area contributed by atoms with Crippen LogP contribution in [0.4, 0.5) is 0 Å². The Bertz CT molecular complexity index is 1200. The van der Waals surface area contributed by atoms with Gasteiger partial charge >= 0.3 is 0 Å². The van der Waals surface area contributed by atoms with E-state index >= 15 is 0 Å². The number of hydrogen-bond acceptors (Lipinski definition) is 10. The van der Waals surface area contributed by atoms with Gasteiger partial charge in [-0.05, 0) is 64.2 Å². The number of amides is 1. The number of allylic oxidation sites excluding steroid dienone is 4. The molecule has 1 heterocycles. The van der Waals surface area contributed by atoms with Crippen LogP contribution in [0.25, 0.3) is 0 Å². The van der Waals surface area contributed by atoms with Crippen LogP contribution >= 0.6 is 0 Å². The van der Waals surface area contributed by atoms with Crippen LogP contribution in [0.1, 0.15) is 284 Å². The Hall–Kier alpha value is -1.41. The molecule has 0 bridgehead atoms. The average molecular weight is 1010 g/mol. The largest absolute Gasteiger partial charge is 0.394 e. The fourth-order valence-electron chi connectivity index (χ4n) is 9.79. The van der Waals surface area contributed by atoms with Gasteiger partial charge < -0.3 is 50.5 Å². The molecule has 11 nitrogen and oxygen atoms in total. The van der Waals surface area contributed by atoms with E-state index in [1.165, 1.54) is 186 Å². The molecule has 0 aliphatic carbocycles. The van der Waals surface area contributed by atoms with Crippen molar-refractivity contribution in [2.24, 2.45) is 0 Å². The van der Waals surface area contributed by atoms with Gasteiger partial charge in [0.1, 0.15) is 36.6 Å². The lowest BCUT2D eigenvalue weighted by Gasteiger charge is -2.40. The van der Waals surface area contributed by atoms with Crippen molar-refractivity contribution in [3.05, 3.63) is 24.3 Å². The Kier molecular flexibility index (Phi) is 47.1. The predicted molar refractivity (Wildman–Crippen MR) is 293 cm³/mol. The summed E-state index contributed by atoms with van der Waals surface area (Å²) in [6, 6.07) is -1.19. The van der Waals surface area contributed by atoms with Gasteiger partial charge in [0.2, 0.25) is 5.91 Å². The molecule has 1 amide bonds. The van der Waals surface area contributed by atoms with Gasteiger partial charge in [-0.15, -0.1) is 0 Å². The van der Waals surface area contributed by atoms with Crippen LogP contribution in [0.3, 0.4) is 0 Å². The molecular formula is C60H115NO10. The first-order valence-corrected chi connectivity index (χ1v) is 30.2. The Balaban J connectivity index is 2.32. The SMILES string of the molecule is CCCCCCCCCCCCCC/C=C\CCCCCCCCC(O)C(=O)NC(COC1OC(CO)C(O)C(O)C1O)C(O)C(O)CCC/C=C/CCCCCCCCCCCCCCCCCCC. The molecule has 0 saturated carbocycles. The van der Waals surface area contributed by atoms with Crippen LogP contribution in [0.15, 0.2) is 24.3 Å². The number of aliphatic hydroxyl groups excluding tert-OH is 7. The van der Waals surface area contributed by atoms with Crippen molar-refractivity contribution in [1.29, 1.82) is 0 Å². The van der Waals surface area contributed by atoms with Gasteiger partial charge in [0.15, 0.2) is 6.29 Å². The average Bonchev–Trinajstić information content (AvgIpc) is 3.37. The standard InChI is InChI=1S/C60H115NO10/c1-3-5-7-9-11-13-15-17-19-21-23-25-27-29-31-33-35-37-39-41-43-45-47-52(63)55(65)51(50-70-60-58(68)57(67)56(66)54(49-62)71-60)61-59(69)53(64)48-46-44-42-40-38-36-34-32-30-28-26-24-22-20-18-16-14-12-10-8-6-4-2/h30,32,39,41,51-58,60,62-68H,3-29,31,33-38,40,42-50H2,1-2H3,(H,61,69)/b32-30-,41-39+. The van der Waals surface area contributed by atoms with E-state index < -0.39 is 74.2 Å². The third-order valence-electron chi connectivity index (χ3n) is 14.7. The highest BCUT2D eigenvalue weighted by molar-refractivity contribution is 5.80. The zero-order valence-electron chi connectivity index (χ0n) is 46.0. The first kappa shape index (κ1) is 67.6. The number of ether oxygens (including phenoxy) is 2. The predicted octanol–water partition coefficient (Wildman–Crippen LogP) is 12.9. The van der Waals surface area contributed by atoms with Crippen LogP contribution in [-0.4, -0.2) is 110 Å². The summed E-state index contributed by atoms with van der Waals surface area (Å²) in [7, 11) is 0. The maximum Gasteiger partial charge on any atom is 0.249 e. The molecule has 9 atom stereocenters. The number of rotatable bonds is 52. The van der Waals surface area contributed by atoms with Crippen molar-refractivity contribution in [3.63, 3.8) is 0 Å². The molecular weight excluding hydrogens is 895 g/mol. The molecule has 8 N–H and O–H groups in total. The molecule has 420 valence electrons. The molecule has 0 aromatic heterocycles. The van der Waals surface area contributed by atoms with Gasteiger partial charge in [-0.1, -0.05) is 244 Å². The van der Waals surface area contributed by atoms with Crippen molar-refractivity contribution >= 4 is 5.91 Å². The fraction of sp³-hybridized carbons (Fsp3) is 0.917. The van der Waals surface area contributed by atoms with Crippen molar-refractivity contribution in [2.75, 3.05) is 13.2 Å². The van der Waals surface area contributed by atoms with E-state index in [0.717, 1.165) is 57.8 Å². The van der Waals surface area contributed by atoms with E-state index in [4.69, 9.17) is 9.47 Å². The van der Waals surface area contributed by atoms with Crippen LogP contribution in [0.2, 0.25) is 0 Å². The van der Waals surface area contributed by atoms with E-state index in [9.17, 15) is 40.5 Å². The molecule has 1 saturated heterocycles. The Morgan fingerprint density at radius 2 is 0.831 bits per heavy atom. The van der Waals surface area contributed by atoms with Gasteiger partial charge in [-0.3, -0.25) is 4.79 Å². The number of hydrogen-bond donors (Lipinski definition) is 8. The maximum atomic E-state index is 13.2. The van der Waals surface area contributed by atoms with E-state index in [1.807, 2.05) is 0 Å². The lowest BCUT2D eigenvalue weighted by molar-refractivity contribution is -0.303. The molecule has 0 radical (unpaired) electrons. The van der Waals surface area contributed by atoms with Gasteiger partial charge in [-0.2, -0.15) is 0 Å². The van der Waals surface area contributed by atoms with Gasteiger partial charge in [0.05, 0.1) is 25.4 Å². The Morgan fingerprint density at radius 1 is 0.479 bits per heavy atom. The van der Waals surface area contributed by atoms with E-state index in [0.29, 0.717) is 12.8 Å². The number of nitrogens with one attached hydrogen (secondary N) is 1. The van der Waals surface area contributed by atoms with E-state index in [1.54, 1.807) is 0 Å². The third-order valence-corrected chi connectivity index (χ3v) is 14.7. The number of unbranched alkanes of at least 4 members (excludes halogenated alkanes) is 36. The summed E-state index contributed by atoms with van der Waals surface area (Å²) in [4.78, 5) is 13.2. The summed E-state index contributed by atoms with van der Waals surface area (Å²) in [6.45, 7) is 3.48. The molecule has 11 heteroatoms. The van der Waals surface area contributed by atoms with Crippen molar-refractivity contribution in [1.82, 2.24) is 5.32 Å². The normalized spacial score (nSPS) is 20.3. The van der Waals surface area contributed by atoms with Crippen LogP contribution in [0, 0.1) is 0 Å². The topological polar surface area (TPSA) is 189 Å². The Labute approximate surface area is 435 Å². The summed E-state index contributed by atoms with van der Waals surface area (Å²) in [5.41, 5.74) is 0. The number of carbonyl (C=O) groups excluding carboxylic acids is 1. The van der Waals surface area contributed by atoms with Gasteiger partial charge in [0, 0.05) is 0 Å². The molecule has 1 rings (SSSR count). The lowest BCUT2D eigenvalue weighted by atomic mass is 9.98. The minimum atomic E-state index is -1.67. The van der Waals surface area contributed by atoms with Crippen molar-refractivity contribution in [2.45, 2.75) is 339 Å². The minimum Gasteiger partial charge on any atom is -0.394 e. The van der Waals surface area contributed by atoms with Crippen LogP contribution in [0.5, 0.6) is 0 Å². The monoisotopic (exact) mass is 1010 g/mol. The summed E-state index contributed by atoms with van der Waals surface area (Å²) < 4.78 is 11.1. The molecule has 0 aromatic rings. The molecule has 1 fully saturated rings. The highest BCUT2D eigenvalue weighted by atomic mass is 16.7. The number of aliphatic hydroxyl groups is 7. The molecule has 1 aliphatic rings. The highest BCUT2D eigenvalue weighted by Crippen LogP contribution is 2.23. The van der Waals surface area contributed by atoms with Crippen LogP contribution in [-0.2, 0) is 14.3 Å². The zero-order chi connectivity index (χ0) is 51.8. The minimum absolute atomic E-state index is 0.248. The molecule has 9 unspecified atom stereocenters.